The van der Waals surface area contributed by atoms with Crippen molar-refractivity contribution in [2.75, 3.05) is 15.9 Å². The number of benzene rings is 1. The van der Waals surface area contributed by atoms with E-state index < -0.39 is 10.0 Å². The van der Waals surface area contributed by atoms with E-state index in [0.29, 0.717) is 10.8 Å². The van der Waals surface area contributed by atoms with Gasteiger partial charge in [0.05, 0.1) is 29.7 Å². The van der Waals surface area contributed by atoms with E-state index in [1.807, 2.05) is 43.3 Å². The number of thiocarbonyl (C=S) groups is 1. The van der Waals surface area contributed by atoms with Crippen molar-refractivity contribution in [2.24, 2.45) is 0 Å². The molecule has 1 aromatic carbocycles. The molecule has 0 spiro atoms. The third-order valence-electron chi connectivity index (χ3n) is 4.72. The highest BCUT2D eigenvalue weighted by Crippen LogP contribution is 2.43. The van der Waals surface area contributed by atoms with Gasteiger partial charge in [0.1, 0.15) is 0 Å². The zero-order valence-electron chi connectivity index (χ0n) is 15.9. The van der Waals surface area contributed by atoms with Crippen LogP contribution in [0.2, 0.25) is 0 Å². The molecule has 9 heteroatoms. The summed E-state index contributed by atoms with van der Waals surface area (Å²) in [5.74, 6) is 0. The van der Waals surface area contributed by atoms with Crippen LogP contribution in [0.4, 0.5) is 11.4 Å². The number of thiophene rings is 1. The van der Waals surface area contributed by atoms with E-state index >= 15 is 0 Å². The van der Waals surface area contributed by atoms with Crippen LogP contribution < -0.4 is 14.9 Å². The Balaban J connectivity index is 1.76. The Bertz CT molecular complexity index is 1130. The van der Waals surface area contributed by atoms with Crippen LogP contribution in [0.3, 0.4) is 0 Å². The molecule has 2 atom stereocenters. The minimum absolute atomic E-state index is 0.0504. The molecule has 29 heavy (non-hydrogen) atoms. The van der Waals surface area contributed by atoms with Crippen molar-refractivity contribution in [3.8, 4) is 0 Å². The molecule has 4 rings (SSSR count). The molecule has 3 heterocycles. The third kappa shape index (κ3) is 4.12. The third-order valence-corrected chi connectivity index (χ3v) is 6.56. The fraction of sp³-hybridized carbons (Fsp3) is 0.200. The van der Waals surface area contributed by atoms with Gasteiger partial charge in [-0.15, -0.1) is 11.3 Å². The van der Waals surface area contributed by atoms with Crippen LogP contribution in [0.5, 0.6) is 0 Å². The fourth-order valence-electron chi connectivity index (χ4n) is 3.49. The lowest BCUT2D eigenvalue weighted by molar-refractivity contribution is 0.575. The van der Waals surface area contributed by atoms with Crippen molar-refractivity contribution in [2.45, 2.75) is 19.0 Å². The van der Waals surface area contributed by atoms with Gasteiger partial charge in [0.2, 0.25) is 10.0 Å². The van der Waals surface area contributed by atoms with Crippen LogP contribution in [-0.4, -0.2) is 24.8 Å². The quantitative estimate of drug-likeness (QED) is 0.580. The lowest BCUT2D eigenvalue weighted by atomic mass is 10.0. The molecule has 0 unspecified atom stereocenters. The summed E-state index contributed by atoms with van der Waals surface area (Å²) in [6.45, 7) is 1.87. The van der Waals surface area contributed by atoms with E-state index in [4.69, 9.17) is 12.2 Å². The first-order chi connectivity index (χ1) is 13.8. The lowest BCUT2D eigenvalue weighted by Gasteiger charge is -2.27. The zero-order chi connectivity index (χ0) is 20.6. The molecule has 2 aromatic heterocycles. The first-order valence-electron chi connectivity index (χ1n) is 8.96. The summed E-state index contributed by atoms with van der Waals surface area (Å²) < 4.78 is 25.7. The molecule has 0 aliphatic carbocycles. The number of hydrogen-bond acceptors (Lipinski definition) is 5. The van der Waals surface area contributed by atoms with E-state index in [-0.39, 0.29) is 12.1 Å². The van der Waals surface area contributed by atoms with Crippen LogP contribution >= 0.6 is 23.6 Å². The highest BCUT2D eigenvalue weighted by molar-refractivity contribution is 7.92. The van der Waals surface area contributed by atoms with Gasteiger partial charge >= 0.3 is 0 Å². The maximum atomic E-state index is 11.6. The van der Waals surface area contributed by atoms with Crippen molar-refractivity contribution in [3.63, 3.8) is 0 Å². The van der Waals surface area contributed by atoms with Crippen LogP contribution in [0.1, 0.15) is 28.2 Å². The summed E-state index contributed by atoms with van der Waals surface area (Å²) in [6.07, 6.45) is 2.92. The molecule has 6 nitrogen and oxygen atoms in total. The largest absolute Gasteiger partial charge is 0.351 e. The number of rotatable bonds is 5. The minimum Gasteiger partial charge on any atom is -0.351 e. The van der Waals surface area contributed by atoms with Crippen LogP contribution in [-0.2, 0) is 10.0 Å². The first kappa shape index (κ1) is 19.8. The molecular formula is C20H20N4O2S3. The minimum atomic E-state index is -3.34. The average molecular weight is 445 g/mol. The average Bonchev–Trinajstić information content (AvgIpc) is 3.30. The maximum absolute atomic E-state index is 11.6. The normalized spacial score (nSPS) is 19.2. The van der Waals surface area contributed by atoms with E-state index in [1.165, 1.54) is 4.88 Å². The smallest absolute Gasteiger partial charge is 0.229 e. The summed E-state index contributed by atoms with van der Waals surface area (Å²) in [6, 6.07) is 15.5. The number of nitrogens with zero attached hydrogens (tertiary/aromatic N) is 2. The first-order valence-corrected chi connectivity index (χ1v) is 12.1. The number of aryl methyl sites for hydroxylation is 1. The second kappa shape index (κ2) is 7.74. The summed E-state index contributed by atoms with van der Waals surface area (Å²) in [4.78, 5) is 7.79. The van der Waals surface area contributed by atoms with E-state index in [9.17, 15) is 8.42 Å². The Kier molecular flexibility index (Phi) is 5.28. The summed E-state index contributed by atoms with van der Waals surface area (Å²) >= 11 is 7.37. The number of nitrogens with one attached hydrogen (secondary N) is 2. The van der Waals surface area contributed by atoms with Crippen molar-refractivity contribution in [3.05, 3.63) is 76.2 Å². The van der Waals surface area contributed by atoms with Gasteiger partial charge < -0.3 is 10.2 Å². The molecule has 0 amide bonds. The van der Waals surface area contributed by atoms with Gasteiger partial charge in [-0.25, -0.2) is 8.42 Å². The summed E-state index contributed by atoms with van der Waals surface area (Å²) in [5.41, 5.74) is 3.20. The Morgan fingerprint density at radius 2 is 2.03 bits per heavy atom. The molecule has 0 saturated carbocycles. The molecule has 0 radical (unpaired) electrons. The van der Waals surface area contributed by atoms with E-state index in [2.05, 4.69) is 31.4 Å². The Morgan fingerprint density at radius 1 is 1.21 bits per heavy atom. The van der Waals surface area contributed by atoms with Crippen molar-refractivity contribution >= 4 is 50.1 Å². The van der Waals surface area contributed by atoms with Crippen molar-refractivity contribution in [1.29, 1.82) is 0 Å². The SMILES string of the molecule is Cc1cc(N2C(=S)N[C@@H](c3ccccn3)[C@@H]2c2cccs2)ccc1NS(C)(=O)=O. The number of hydrogen-bond donors (Lipinski definition) is 2. The molecule has 0 bridgehead atoms. The molecule has 1 fully saturated rings. The molecule has 1 aliphatic rings. The zero-order valence-corrected chi connectivity index (χ0v) is 18.3. The number of pyridine rings is 1. The van der Waals surface area contributed by atoms with Gasteiger partial charge in [-0.3, -0.25) is 9.71 Å². The van der Waals surface area contributed by atoms with Gasteiger partial charge in [-0.1, -0.05) is 12.1 Å². The standard InChI is InChI=1S/C20H20N4O2S3/c1-13-12-14(8-9-15(13)23-29(2,25)26)24-19(17-7-5-11-28-17)18(22-20(24)27)16-6-3-4-10-21-16/h3-12,18-19,23H,1-2H3,(H,22,27)/t18-,19-/m0/s1. The Hall–Kier alpha value is -2.49. The predicted octanol–water partition coefficient (Wildman–Crippen LogP) is 4.00. The van der Waals surface area contributed by atoms with Crippen LogP contribution in [0, 0.1) is 6.92 Å². The molecular weight excluding hydrogens is 424 g/mol. The highest BCUT2D eigenvalue weighted by atomic mass is 32.2. The predicted molar refractivity (Wildman–Crippen MR) is 122 cm³/mol. The van der Waals surface area contributed by atoms with Crippen LogP contribution in [0.15, 0.2) is 60.1 Å². The van der Waals surface area contributed by atoms with Gasteiger partial charge in [0.25, 0.3) is 0 Å². The molecule has 2 N–H and O–H groups in total. The van der Waals surface area contributed by atoms with Crippen LogP contribution in [0.25, 0.3) is 0 Å². The molecule has 150 valence electrons. The van der Waals surface area contributed by atoms with Gasteiger partial charge in [0.15, 0.2) is 5.11 Å². The number of anilines is 2. The molecule has 1 saturated heterocycles. The van der Waals surface area contributed by atoms with Gasteiger partial charge in [0, 0.05) is 16.8 Å². The van der Waals surface area contributed by atoms with Gasteiger partial charge in [-0.05, 0) is 66.5 Å². The monoisotopic (exact) mass is 444 g/mol. The van der Waals surface area contributed by atoms with Gasteiger partial charge in [-0.2, -0.15) is 0 Å². The second-order valence-electron chi connectivity index (χ2n) is 6.89. The topological polar surface area (TPSA) is 74.3 Å². The van der Waals surface area contributed by atoms with Crippen molar-refractivity contribution < 1.29 is 8.42 Å². The Morgan fingerprint density at radius 3 is 2.66 bits per heavy atom. The number of sulfonamides is 1. The number of aromatic nitrogens is 1. The molecule has 1 aliphatic heterocycles. The maximum Gasteiger partial charge on any atom is 0.229 e. The summed E-state index contributed by atoms with van der Waals surface area (Å²) in [5, 5.41) is 6.08. The van der Waals surface area contributed by atoms with E-state index in [0.717, 1.165) is 23.2 Å². The highest BCUT2D eigenvalue weighted by Gasteiger charge is 2.41. The summed E-state index contributed by atoms with van der Waals surface area (Å²) in [7, 11) is -3.34. The molecule has 3 aromatic rings. The van der Waals surface area contributed by atoms with Crippen molar-refractivity contribution in [1.82, 2.24) is 10.3 Å². The fourth-order valence-corrected chi connectivity index (χ4v) is 5.32. The second-order valence-corrected chi connectivity index (χ2v) is 10.00. The van der Waals surface area contributed by atoms with E-state index in [1.54, 1.807) is 23.6 Å². The Labute approximate surface area is 179 Å². The lowest BCUT2D eigenvalue weighted by Crippen LogP contribution is -2.29.